The molecule has 3 aromatic rings. The maximum atomic E-state index is 12.1. The molecule has 30 heavy (non-hydrogen) atoms. The van der Waals surface area contributed by atoms with E-state index in [2.05, 4.69) is 13.0 Å². The normalized spacial score (nSPS) is 14.5. The number of rotatable bonds is 6. The molecule has 0 saturated heterocycles. The highest BCUT2D eigenvalue weighted by atomic mass is 16.5. The Hall–Kier alpha value is -3.34. The first-order valence-corrected chi connectivity index (χ1v) is 10.3. The van der Waals surface area contributed by atoms with Gasteiger partial charge in [-0.25, -0.2) is 9.78 Å². The molecule has 0 fully saturated rings. The van der Waals surface area contributed by atoms with Gasteiger partial charge in [0.05, 0.1) is 30.5 Å². The Morgan fingerprint density at radius 1 is 1.17 bits per heavy atom. The van der Waals surface area contributed by atoms with E-state index in [0.717, 1.165) is 48.1 Å². The first-order valence-electron chi connectivity index (χ1n) is 10.3. The first-order chi connectivity index (χ1) is 14.6. The van der Waals surface area contributed by atoms with Crippen molar-refractivity contribution < 1.29 is 19.4 Å². The number of para-hydroxylation sites is 1. The van der Waals surface area contributed by atoms with Crippen molar-refractivity contribution >= 4 is 28.5 Å². The van der Waals surface area contributed by atoms with Crippen LogP contribution in [0.15, 0.2) is 42.5 Å². The van der Waals surface area contributed by atoms with E-state index >= 15 is 0 Å². The smallest absolute Gasteiger partial charge is 0.336 e. The Morgan fingerprint density at radius 3 is 2.77 bits per heavy atom. The molecule has 0 amide bonds. The van der Waals surface area contributed by atoms with Gasteiger partial charge in [0.25, 0.3) is 0 Å². The van der Waals surface area contributed by atoms with Crippen LogP contribution < -0.4 is 9.47 Å². The van der Waals surface area contributed by atoms with Gasteiger partial charge in [-0.3, -0.25) is 0 Å². The zero-order valence-corrected chi connectivity index (χ0v) is 17.3. The van der Waals surface area contributed by atoms with E-state index in [1.807, 2.05) is 42.5 Å². The van der Waals surface area contributed by atoms with Crippen LogP contribution in [-0.4, -0.2) is 29.8 Å². The van der Waals surface area contributed by atoms with Gasteiger partial charge in [-0.15, -0.1) is 0 Å². The fraction of sp³-hybridized carbons (Fsp3) is 0.280. The number of carboxylic acids is 1. The highest BCUT2D eigenvalue weighted by Gasteiger charge is 2.24. The van der Waals surface area contributed by atoms with E-state index in [1.165, 1.54) is 0 Å². The van der Waals surface area contributed by atoms with Crippen LogP contribution in [0.25, 0.3) is 22.6 Å². The Balaban J connectivity index is 1.84. The van der Waals surface area contributed by atoms with E-state index in [-0.39, 0.29) is 0 Å². The summed E-state index contributed by atoms with van der Waals surface area (Å²) in [6.07, 6.45) is 5.48. The second-order valence-electron chi connectivity index (χ2n) is 7.42. The van der Waals surface area contributed by atoms with Gasteiger partial charge in [-0.2, -0.15) is 0 Å². The lowest BCUT2D eigenvalue weighted by atomic mass is 9.86. The van der Waals surface area contributed by atoms with Crippen molar-refractivity contribution in [2.24, 2.45) is 0 Å². The molecule has 154 valence electrons. The Labute approximate surface area is 176 Å². The third-order valence-electron chi connectivity index (χ3n) is 5.37. The van der Waals surface area contributed by atoms with Gasteiger partial charge in [0.15, 0.2) is 11.5 Å². The van der Waals surface area contributed by atoms with Crippen LogP contribution in [0.5, 0.6) is 11.5 Å². The van der Waals surface area contributed by atoms with Gasteiger partial charge in [0.2, 0.25) is 0 Å². The molecule has 2 aromatic carbocycles. The molecule has 1 N–H and O–H groups in total. The van der Waals surface area contributed by atoms with Gasteiger partial charge in [0.1, 0.15) is 0 Å². The number of benzene rings is 2. The van der Waals surface area contributed by atoms with E-state index in [0.29, 0.717) is 34.6 Å². The van der Waals surface area contributed by atoms with Crippen LogP contribution in [0.2, 0.25) is 0 Å². The van der Waals surface area contributed by atoms with Crippen molar-refractivity contribution in [3.63, 3.8) is 0 Å². The average molecular weight is 403 g/mol. The summed E-state index contributed by atoms with van der Waals surface area (Å²) in [5, 5.41) is 10.6. The fourth-order valence-electron chi connectivity index (χ4n) is 4.03. The maximum Gasteiger partial charge on any atom is 0.336 e. The van der Waals surface area contributed by atoms with Crippen molar-refractivity contribution in [2.75, 3.05) is 13.7 Å². The molecule has 0 unspecified atom stereocenters. The third-order valence-corrected chi connectivity index (χ3v) is 5.37. The predicted molar refractivity (Wildman–Crippen MR) is 118 cm³/mol. The Morgan fingerprint density at radius 2 is 2.00 bits per heavy atom. The van der Waals surface area contributed by atoms with Crippen molar-refractivity contribution in [2.45, 2.75) is 32.6 Å². The lowest BCUT2D eigenvalue weighted by Crippen LogP contribution is -2.13. The Kier molecular flexibility index (Phi) is 5.70. The number of aromatic carboxylic acids is 1. The molecule has 1 aliphatic rings. The molecule has 5 nitrogen and oxygen atoms in total. The fourth-order valence-corrected chi connectivity index (χ4v) is 4.03. The maximum absolute atomic E-state index is 12.1. The van der Waals surface area contributed by atoms with E-state index in [1.54, 1.807) is 7.11 Å². The molecule has 0 radical (unpaired) electrons. The molecule has 1 heterocycles. The van der Waals surface area contributed by atoms with Crippen LogP contribution >= 0.6 is 0 Å². The largest absolute Gasteiger partial charge is 0.493 e. The zero-order valence-electron chi connectivity index (χ0n) is 17.3. The summed E-state index contributed by atoms with van der Waals surface area (Å²) < 4.78 is 11.2. The SMILES string of the molecule is CCCOc1cc(/C=C2\CCCc3c2nc2ccccc2c3C(=O)O)ccc1OC. The molecular weight excluding hydrogens is 378 g/mol. The zero-order chi connectivity index (χ0) is 21.1. The van der Waals surface area contributed by atoms with Crippen LogP contribution in [-0.2, 0) is 6.42 Å². The lowest BCUT2D eigenvalue weighted by molar-refractivity contribution is 0.0697. The number of carboxylic acid groups (broad SMARTS) is 1. The number of nitrogens with zero attached hydrogens (tertiary/aromatic N) is 1. The number of aromatic nitrogens is 1. The minimum atomic E-state index is -0.897. The van der Waals surface area contributed by atoms with Crippen LogP contribution in [0, 0.1) is 0 Å². The van der Waals surface area contributed by atoms with Gasteiger partial charge in [-0.05, 0) is 66.7 Å². The number of pyridine rings is 1. The monoisotopic (exact) mass is 403 g/mol. The topological polar surface area (TPSA) is 68.7 Å². The molecule has 0 aliphatic heterocycles. The summed E-state index contributed by atoms with van der Waals surface area (Å²) in [6, 6.07) is 13.3. The molecule has 4 rings (SSSR count). The second kappa shape index (κ2) is 8.57. The molecular formula is C25H25NO4. The van der Waals surface area contributed by atoms with Crippen molar-refractivity contribution in [1.29, 1.82) is 0 Å². The van der Waals surface area contributed by atoms with Gasteiger partial charge >= 0.3 is 5.97 Å². The number of allylic oxidation sites excluding steroid dienone is 1. The minimum Gasteiger partial charge on any atom is -0.493 e. The highest BCUT2D eigenvalue weighted by molar-refractivity contribution is 6.05. The van der Waals surface area contributed by atoms with Crippen LogP contribution in [0.3, 0.4) is 0 Å². The highest BCUT2D eigenvalue weighted by Crippen LogP contribution is 2.37. The summed E-state index contributed by atoms with van der Waals surface area (Å²) in [6.45, 7) is 2.68. The average Bonchev–Trinajstić information content (AvgIpc) is 2.76. The van der Waals surface area contributed by atoms with E-state index in [9.17, 15) is 9.90 Å². The van der Waals surface area contributed by atoms with Crippen LogP contribution in [0.1, 0.15) is 53.4 Å². The van der Waals surface area contributed by atoms with Gasteiger partial charge in [0, 0.05) is 5.39 Å². The van der Waals surface area contributed by atoms with E-state index < -0.39 is 5.97 Å². The predicted octanol–water partition coefficient (Wildman–Crippen LogP) is 5.61. The van der Waals surface area contributed by atoms with Crippen molar-refractivity contribution in [3.05, 3.63) is 64.8 Å². The number of methoxy groups -OCH3 is 1. The van der Waals surface area contributed by atoms with E-state index in [4.69, 9.17) is 14.5 Å². The molecule has 0 atom stereocenters. The standard InChI is InChI=1S/C25H25NO4/c1-3-13-30-22-15-16(11-12-21(22)29-2)14-17-7-6-9-19-23(25(27)28)18-8-4-5-10-20(18)26-24(17)19/h4-5,8,10-12,14-15H,3,6-7,9,13H2,1-2H3,(H,27,28)/b17-14+. The van der Waals surface area contributed by atoms with Crippen molar-refractivity contribution in [3.8, 4) is 11.5 Å². The molecule has 0 saturated carbocycles. The summed E-state index contributed by atoms with van der Waals surface area (Å²) in [4.78, 5) is 16.9. The second-order valence-corrected chi connectivity index (χ2v) is 7.42. The quantitative estimate of drug-likeness (QED) is 0.580. The molecule has 5 heteroatoms. The van der Waals surface area contributed by atoms with Crippen LogP contribution in [0.4, 0.5) is 0 Å². The molecule has 0 spiro atoms. The first kappa shape index (κ1) is 20.0. The summed E-state index contributed by atoms with van der Waals surface area (Å²) in [5.41, 5.74) is 4.75. The Bertz CT molecular complexity index is 1130. The molecule has 1 aliphatic carbocycles. The van der Waals surface area contributed by atoms with Gasteiger partial charge in [-0.1, -0.05) is 31.2 Å². The molecule has 1 aromatic heterocycles. The lowest BCUT2D eigenvalue weighted by Gasteiger charge is -2.21. The number of hydrogen-bond donors (Lipinski definition) is 1. The summed E-state index contributed by atoms with van der Waals surface area (Å²) >= 11 is 0. The van der Waals surface area contributed by atoms with Gasteiger partial charge < -0.3 is 14.6 Å². The number of fused-ring (bicyclic) bond motifs is 2. The van der Waals surface area contributed by atoms with Crippen molar-refractivity contribution in [1.82, 2.24) is 4.98 Å². The number of carbonyl (C=O) groups is 1. The number of hydrogen-bond acceptors (Lipinski definition) is 4. The minimum absolute atomic E-state index is 0.378. The summed E-state index contributed by atoms with van der Waals surface area (Å²) in [5.74, 6) is 0.514. The molecule has 0 bridgehead atoms. The number of ether oxygens (including phenoxy) is 2. The third kappa shape index (κ3) is 3.75. The summed E-state index contributed by atoms with van der Waals surface area (Å²) in [7, 11) is 1.63.